The lowest BCUT2D eigenvalue weighted by atomic mass is 10.0. The molecule has 152 valence electrons. The monoisotopic (exact) mass is 395 g/mol. The summed E-state index contributed by atoms with van der Waals surface area (Å²) in [5, 5.41) is 7.88. The third-order valence-electron chi connectivity index (χ3n) is 5.29. The molecular formula is C22H25N3O4. The number of carbonyl (C=O) groups excluding carboxylic acids is 2. The standard InChI is InChI=1S/C22H25N3O4/c1-13(2)25-20(7-8-23-25)24-22(27)14(3)29-21(26)11-17-12-28-19-10-16-6-4-5-15(16)9-18(17)19/h7-10,12-14H,4-6,11H2,1-3H3,(H,24,27). The van der Waals surface area contributed by atoms with Crippen LogP contribution in [0, 0.1) is 0 Å². The van der Waals surface area contributed by atoms with E-state index in [1.54, 1.807) is 30.1 Å². The van der Waals surface area contributed by atoms with Crippen LogP contribution in [-0.4, -0.2) is 27.8 Å². The molecule has 7 nitrogen and oxygen atoms in total. The van der Waals surface area contributed by atoms with Crippen molar-refractivity contribution in [2.24, 2.45) is 0 Å². The molecule has 0 saturated heterocycles. The molecule has 1 aliphatic rings. The Kier molecular flexibility index (Phi) is 5.13. The lowest BCUT2D eigenvalue weighted by Gasteiger charge is -2.15. The fourth-order valence-corrected chi connectivity index (χ4v) is 3.79. The fraction of sp³-hybridized carbons (Fsp3) is 0.409. The van der Waals surface area contributed by atoms with Gasteiger partial charge in [-0.2, -0.15) is 5.10 Å². The Balaban J connectivity index is 1.40. The molecule has 4 rings (SSSR count). The largest absolute Gasteiger partial charge is 0.464 e. The lowest BCUT2D eigenvalue weighted by Crippen LogP contribution is -2.31. The molecular weight excluding hydrogens is 370 g/mol. The third kappa shape index (κ3) is 3.90. The van der Waals surface area contributed by atoms with Gasteiger partial charge in [0.15, 0.2) is 6.10 Å². The quantitative estimate of drug-likeness (QED) is 0.642. The van der Waals surface area contributed by atoms with Crippen LogP contribution in [0.1, 0.15) is 49.9 Å². The summed E-state index contributed by atoms with van der Waals surface area (Å²) >= 11 is 0. The number of rotatable bonds is 6. The first-order chi connectivity index (χ1) is 13.9. The molecule has 0 aliphatic heterocycles. The zero-order valence-electron chi connectivity index (χ0n) is 16.9. The van der Waals surface area contributed by atoms with Gasteiger partial charge in [-0.25, -0.2) is 4.68 Å². The van der Waals surface area contributed by atoms with Gasteiger partial charge in [-0.1, -0.05) is 0 Å². The van der Waals surface area contributed by atoms with Crippen LogP contribution in [0.2, 0.25) is 0 Å². The number of aryl methyl sites for hydroxylation is 2. The topological polar surface area (TPSA) is 86.4 Å². The van der Waals surface area contributed by atoms with Crippen molar-refractivity contribution in [2.45, 2.75) is 58.6 Å². The SMILES string of the molecule is CC(OC(=O)Cc1coc2cc3c(cc12)CCC3)C(=O)Nc1ccnn1C(C)C. The van der Waals surface area contributed by atoms with Gasteiger partial charge in [0, 0.05) is 23.1 Å². The zero-order valence-corrected chi connectivity index (χ0v) is 16.9. The number of hydrogen-bond acceptors (Lipinski definition) is 5. The van der Waals surface area contributed by atoms with Crippen LogP contribution in [0.4, 0.5) is 5.82 Å². The van der Waals surface area contributed by atoms with Gasteiger partial charge in [0.25, 0.3) is 5.91 Å². The van der Waals surface area contributed by atoms with Crippen LogP contribution in [0.25, 0.3) is 11.0 Å². The number of carbonyl (C=O) groups is 2. The second-order valence-corrected chi connectivity index (χ2v) is 7.78. The van der Waals surface area contributed by atoms with Crippen molar-refractivity contribution in [3.63, 3.8) is 0 Å². The van der Waals surface area contributed by atoms with Gasteiger partial charge in [0.05, 0.1) is 18.9 Å². The molecule has 0 saturated carbocycles. The lowest BCUT2D eigenvalue weighted by molar-refractivity contribution is -0.152. The first kappa shape index (κ1) is 19.2. The number of aromatic nitrogens is 2. The number of fused-ring (bicyclic) bond motifs is 2. The average Bonchev–Trinajstić information content (AvgIpc) is 3.39. The minimum atomic E-state index is -0.916. The van der Waals surface area contributed by atoms with Gasteiger partial charge in [0.2, 0.25) is 0 Å². The van der Waals surface area contributed by atoms with Crippen molar-refractivity contribution in [2.75, 3.05) is 5.32 Å². The van der Waals surface area contributed by atoms with Crippen LogP contribution in [-0.2, 0) is 33.6 Å². The van der Waals surface area contributed by atoms with Gasteiger partial charge in [-0.3, -0.25) is 9.59 Å². The Bertz CT molecular complexity index is 1060. The van der Waals surface area contributed by atoms with E-state index < -0.39 is 18.0 Å². The summed E-state index contributed by atoms with van der Waals surface area (Å²) in [6, 6.07) is 6.00. The summed E-state index contributed by atoms with van der Waals surface area (Å²) in [5.74, 6) is -0.286. The van der Waals surface area contributed by atoms with E-state index >= 15 is 0 Å². The van der Waals surface area contributed by atoms with Crippen molar-refractivity contribution >= 4 is 28.7 Å². The normalized spacial score (nSPS) is 14.2. The fourth-order valence-electron chi connectivity index (χ4n) is 3.79. The smallest absolute Gasteiger partial charge is 0.311 e. The Morgan fingerprint density at radius 2 is 2.00 bits per heavy atom. The highest BCUT2D eigenvalue weighted by Crippen LogP contribution is 2.30. The summed E-state index contributed by atoms with van der Waals surface area (Å²) in [5.41, 5.74) is 4.22. The summed E-state index contributed by atoms with van der Waals surface area (Å²) in [4.78, 5) is 24.8. The number of nitrogens with zero attached hydrogens (tertiary/aromatic N) is 2. The number of amides is 1. The number of ether oxygens (including phenoxy) is 1. The summed E-state index contributed by atoms with van der Waals surface area (Å²) in [7, 11) is 0. The van der Waals surface area contributed by atoms with Gasteiger partial charge in [-0.15, -0.1) is 0 Å². The second kappa shape index (κ2) is 7.73. The van der Waals surface area contributed by atoms with Crippen molar-refractivity contribution in [3.8, 4) is 0 Å². The van der Waals surface area contributed by atoms with Crippen molar-refractivity contribution < 1.29 is 18.7 Å². The summed E-state index contributed by atoms with van der Waals surface area (Å²) < 4.78 is 12.7. The number of esters is 1. The number of furan rings is 1. The number of hydrogen-bond donors (Lipinski definition) is 1. The Morgan fingerprint density at radius 3 is 2.76 bits per heavy atom. The van der Waals surface area contributed by atoms with Crippen LogP contribution in [0.15, 0.2) is 35.1 Å². The minimum Gasteiger partial charge on any atom is -0.464 e. The molecule has 2 aromatic heterocycles. The first-order valence-electron chi connectivity index (χ1n) is 9.98. The van der Waals surface area contributed by atoms with E-state index in [1.807, 2.05) is 13.8 Å². The highest BCUT2D eigenvalue weighted by Gasteiger charge is 2.22. The molecule has 1 amide bonds. The predicted octanol–water partition coefficient (Wildman–Crippen LogP) is 3.81. The maximum atomic E-state index is 12.4. The highest BCUT2D eigenvalue weighted by atomic mass is 16.5. The molecule has 0 fully saturated rings. The van der Waals surface area contributed by atoms with Gasteiger partial charge < -0.3 is 14.5 Å². The molecule has 7 heteroatoms. The van der Waals surface area contributed by atoms with Crippen molar-refractivity contribution in [1.29, 1.82) is 0 Å². The van der Waals surface area contributed by atoms with Gasteiger partial charge >= 0.3 is 5.97 Å². The molecule has 3 aromatic rings. The summed E-state index contributed by atoms with van der Waals surface area (Å²) in [6.45, 7) is 5.50. The number of benzene rings is 1. The van der Waals surface area contributed by atoms with Crippen LogP contribution < -0.4 is 5.32 Å². The molecule has 0 spiro atoms. The zero-order chi connectivity index (χ0) is 20.5. The molecule has 1 aliphatic carbocycles. The maximum absolute atomic E-state index is 12.4. The molecule has 2 heterocycles. The average molecular weight is 395 g/mol. The van der Waals surface area contributed by atoms with Crippen molar-refractivity contribution in [3.05, 3.63) is 47.3 Å². The number of anilines is 1. The van der Waals surface area contributed by atoms with Crippen LogP contribution >= 0.6 is 0 Å². The maximum Gasteiger partial charge on any atom is 0.311 e. The summed E-state index contributed by atoms with van der Waals surface area (Å²) in [6.07, 6.45) is 5.66. The van der Waals surface area contributed by atoms with E-state index in [2.05, 4.69) is 22.5 Å². The Hall–Kier alpha value is -3.09. The van der Waals surface area contributed by atoms with E-state index in [-0.39, 0.29) is 12.5 Å². The van der Waals surface area contributed by atoms with Gasteiger partial charge in [0.1, 0.15) is 11.4 Å². The molecule has 1 aromatic carbocycles. The van der Waals surface area contributed by atoms with Crippen LogP contribution in [0.3, 0.4) is 0 Å². The van der Waals surface area contributed by atoms with Gasteiger partial charge in [-0.05, 0) is 63.3 Å². The molecule has 1 N–H and O–H groups in total. The molecule has 0 radical (unpaired) electrons. The molecule has 1 unspecified atom stereocenters. The number of nitrogens with one attached hydrogen (secondary N) is 1. The molecule has 1 atom stereocenters. The Morgan fingerprint density at radius 1 is 1.24 bits per heavy atom. The highest BCUT2D eigenvalue weighted by molar-refractivity contribution is 5.95. The molecule has 0 bridgehead atoms. The first-order valence-corrected chi connectivity index (χ1v) is 9.98. The van der Waals surface area contributed by atoms with E-state index in [1.165, 1.54) is 11.1 Å². The third-order valence-corrected chi connectivity index (χ3v) is 5.29. The van der Waals surface area contributed by atoms with Crippen molar-refractivity contribution in [1.82, 2.24) is 9.78 Å². The second-order valence-electron chi connectivity index (χ2n) is 7.78. The van der Waals surface area contributed by atoms with Crippen LogP contribution in [0.5, 0.6) is 0 Å². The van der Waals surface area contributed by atoms with E-state index in [4.69, 9.17) is 9.15 Å². The van der Waals surface area contributed by atoms with E-state index in [0.717, 1.165) is 35.8 Å². The molecule has 29 heavy (non-hydrogen) atoms. The van der Waals surface area contributed by atoms with E-state index in [9.17, 15) is 9.59 Å². The minimum absolute atomic E-state index is 0.0628. The Labute approximate surface area is 169 Å². The van der Waals surface area contributed by atoms with E-state index in [0.29, 0.717) is 5.82 Å². The predicted molar refractivity (Wildman–Crippen MR) is 109 cm³/mol.